The number of aliphatic hydroxyl groups excluding tert-OH is 1. The lowest BCUT2D eigenvalue weighted by atomic mass is 10.1. The first kappa shape index (κ1) is 14.4. The Kier molecular flexibility index (Phi) is 5.06. The van der Waals surface area contributed by atoms with Crippen LogP contribution >= 0.6 is 0 Å². The lowest BCUT2D eigenvalue weighted by Gasteiger charge is -2.19. The van der Waals surface area contributed by atoms with Crippen LogP contribution in [0.4, 0.5) is 5.82 Å². The normalized spacial score (nSPS) is 12.1. The van der Waals surface area contributed by atoms with Crippen LogP contribution in [0.25, 0.3) is 0 Å². The maximum Gasteiger partial charge on any atom is 0.253 e. The monoisotopic (exact) mass is 252 g/mol. The van der Waals surface area contributed by atoms with Gasteiger partial charge in [-0.25, -0.2) is 10.8 Å². The van der Waals surface area contributed by atoms with Crippen molar-refractivity contribution in [2.24, 2.45) is 5.84 Å². The van der Waals surface area contributed by atoms with Crippen LogP contribution in [0.1, 0.15) is 29.9 Å². The summed E-state index contributed by atoms with van der Waals surface area (Å²) in [6.07, 6.45) is 0.161. The molecule has 0 fully saturated rings. The van der Waals surface area contributed by atoms with E-state index in [1.165, 1.54) is 4.90 Å². The van der Waals surface area contributed by atoms with Gasteiger partial charge in [0.25, 0.3) is 5.91 Å². The van der Waals surface area contributed by atoms with E-state index >= 15 is 0 Å². The minimum atomic E-state index is -0.557. The molecule has 0 saturated heterocycles. The Bertz CT molecular complexity index is 398. The van der Waals surface area contributed by atoms with Crippen molar-refractivity contribution in [3.63, 3.8) is 0 Å². The number of carbonyl (C=O) groups is 1. The number of hydrogen-bond acceptors (Lipinski definition) is 5. The molecule has 0 aliphatic carbocycles. The fourth-order valence-electron chi connectivity index (χ4n) is 1.67. The molecule has 0 radical (unpaired) electrons. The Morgan fingerprint density at radius 3 is 2.78 bits per heavy atom. The van der Waals surface area contributed by atoms with Crippen LogP contribution in [0.15, 0.2) is 12.1 Å². The lowest BCUT2D eigenvalue weighted by Crippen LogP contribution is -2.33. The molecule has 18 heavy (non-hydrogen) atoms. The molecule has 0 bridgehead atoms. The summed E-state index contributed by atoms with van der Waals surface area (Å²) in [6.45, 7) is 3.88. The first-order valence-electron chi connectivity index (χ1n) is 5.89. The number of nitrogens with two attached hydrogens (primary N) is 1. The summed E-state index contributed by atoms with van der Waals surface area (Å²) < 4.78 is 0. The number of nitrogens with one attached hydrogen (secondary N) is 1. The number of aromatic nitrogens is 1. The van der Waals surface area contributed by atoms with Crippen molar-refractivity contribution < 1.29 is 9.90 Å². The number of nitrogen functional groups attached to an aromatic ring is 1. The number of aryl methyl sites for hydroxylation is 1. The van der Waals surface area contributed by atoms with E-state index in [9.17, 15) is 9.90 Å². The molecular weight excluding hydrogens is 232 g/mol. The smallest absolute Gasteiger partial charge is 0.253 e. The number of nitrogens with zero attached hydrogens (tertiary/aromatic N) is 2. The van der Waals surface area contributed by atoms with Crippen molar-refractivity contribution >= 4 is 11.7 Å². The summed E-state index contributed by atoms with van der Waals surface area (Å²) in [5, 5.41) is 9.28. The number of amides is 1. The Morgan fingerprint density at radius 2 is 2.28 bits per heavy atom. The molecule has 0 aliphatic heterocycles. The van der Waals surface area contributed by atoms with E-state index < -0.39 is 6.10 Å². The van der Waals surface area contributed by atoms with Crippen LogP contribution in [-0.4, -0.2) is 40.6 Å². The van der Waals surface area contributed by atoms with E-state index in [4.69, 9.17) is 5.84 Å². The summed E-state index contributed by atoms with van der Waals surface area (Å²) in [4.78, 5) is 17.8. The summed E-state index contributed by atoms with van der Waals surface area (Å²) >= 11 is 0. The van der Waals surface area contributed by atoms with Crippen LogP contribution in [-0.2, 0) is 6.42 Å². The fraction of sp³-hybridized carbons (Fsp3) is 0.500. The third kappa shape index (κ3) is 3.68. The number of carbonyl (C=O) groups excluding carboxylic acids is 1. The molecule has 0 spiro atoms. The van der Waals surface area contributed by atoms with Crippen LogP contribution in [0.2, 0.25) is 0 Å². The van der Waals surface area contributed by atoms with Gasteiger partial charge >= 0.3 is 0 Å². The Morgan fingerprint density at radius 1 is 1.61 bits per heavy atom. The largest absolute Gasteiger partial charge is 0.392 e. The van der Waals surface area contributed by atoms with Gasteiger partial charge in [0.15, 0.2) is 0 Å². The molecule has 0 aromatic carbocycles. The van der Waals surface area contributed by atoms with Crippen molar-refractivity contribution in [1.29, 1.82) is 0 Å². The molecule has 6 nitrogen and oxygen atoms in total. The number of pyridine rings is 1. The molecule has 0 aliphatic rings. The van der Waals surface area contributed by atoms with Gasteiger partial charge in [0.1, 0.15) is 5.82 Å². The van der Waals surface area contributed by atoms with Gasteiger partial charge < -0.3 is 15.4 Å². The van der Waals surface area contributed by atoms with E-state index in [0.717, 1.165) is 12.1 Å². The zero-order valence-electron chi connectivity index (χ0n) is 11.0. The van der Waals surface area contributed by atoms with Crippen molar-refractivity contribution in [3.05, 3.63) is 23.4 Å². The Hall–Kier alpha value is -1.66. The maximum atomic E-state index is 12.1. The van der Waals surface area contributed by atoms with Gasteiger partial charge in [-0.1, -0.05) is 6.92 Å². The molecule has 1 amide bonds. The number of rotatable bonds is 5. The van der Waals surface area contributed by atoms with Crippen LogP contribution in [0.3, 0.4) is 0 Å². The molecule has 1 atom stereocenters. The van der Waals surface area contributed by atoms with Crippen LogP contribution in [0.5, 0.6) is 0 Å². The Labute approximate surface area is 107 Å². The predicted molar refractivity (Wildman–Crippen MR) is 70.1 cm³/mol. The van der Waals surface area contributed by atoms with E-state index in [1.54, 1.807) is 26.1 Å². The van der Waals surface area contributed by atoms with E-state index in [1.807, 2.05) is 6.92 Å². The number of hydrazine groups is 1. The van der Waals surface area contributed by atoms with Gasteiger partial charge in [-0.15, -0.1) is 0 Å². The summed E-state index contributed by atoms with van der Waals surface area (Å²) in [5.74, 6) is 5.62. The minimum absolute atomic E-state index is 0.162. The summed E-state index contributed by atoms with van der Waals surface area (Å²) in [6, 6.07) is 3.34. The molecule has 1 unspecified atom stereocenters. The van der Waals surface area contributed by atoms with Gasteiger partial charge in [0.2, 0.25) is 0 Å². The quantitative estimate of drug-likeness (QED) is 0.520. The highest BCUT2D eigenvalue weighted by Gasteiger charge is 2.15. The van der Waals surface area contributed by atoms with Crippen molar-refractivity contribution in [2.75, 3.05) is 19.0 Å². The number of aliphatic hydroxyl groups is 1. The average Bonchev–Trinajstić information content (AvgIpc) is 2.36. The zero-order valence-corrected chi connectivity index (χ0v) is 11.0. The van der Waals surface area contributed by atoms with Gasteiger partial charge in [-0.2, -0.15) is 0 Å². The molecule has 1 aromatic heterocycles. The van der Waals surface area contributed by atoms with Crippen LogP contribution < -0.4 is 11.3 Å². The number of anilines is 1. The highest BCUT2D eigenvalue weighted by Crippen LogP contribution is 2.12. The number of hydrogen-bond donors (Lipinski definition) is 3. The second kappa shape index (κ2) is 6.32. The topological polar surface area (TPSA) is 91.5 Å². The predicted octanol–water partition coefficient (Wildman–Crippen LogP) is 0.382. The molecule has 4 N–H and O–H groups in total. The van der Waals surface area contributed by atoms with Crippen molar-refractivity contribution in [3.8, 4) is 0 Å². The first-order chi connectivity index (χ1) is 8.47. The van der Waals surface area contributed by atoms with E-state index in [-0.39, 0.29) is 12.5 Å². The standard InChI is InChI=1S/C12H20N4O2/c1-4-10-5-9(6-11(14-10)15-13)12(18)16(3)7-8(2)17/h5-6,8,17H,4,7,13H2,1-3H3,(H,14,15). The lowest BCUT2D eigenvalue weighted by molar-refractivity contribution is 0.0703. The number of likely N-dealkylation sites (N-methyl/N-ethyl adjacent to an activating group) is 1. The second-order valence-corrected chi connectivity index (χ2v) is 4.26. The molecule has 1 aromatic rings. The molecule has 100 valence electrons. The average molecular weight is 252 g/mol. The van der Waals surface area contributed by atoms with Gasteiger partial charge in [-0.05, 0) is 25.5 Å². The van der Waals surface area contributed by atoms with Gasteiger partial charge in [0.05, 0.1) is 6.10 Å². The van der Waals surface area contributed by atoms with Gasteiger partial charge in [0, 0.05) is 24.8 Å². The third-order valence-corrected chi connectivity index (χ3v) is 2.52. The minimum Gasteiger partial charge on any atom is -0.392 e. The molecular formula is C12H20N4O2. The SMILES string of the molecule is CCc1cc(C(=O)N(C)CC(C)O)cc(NN)n1. The first-order valence-corrected chi connectivity index (χ1v) is 5.89. The fourth-order valence-corrected chi connectivity index (χ4v) is 1.67. The zero-order chi connectivity index (χ0) is 13.7. The summed E-state index contributed by atoms with van der Waals surface area (Å²) in [7, 11) is 1.65. The third-order valence-electron chi connectivity index (χ3n) is 2.52. The second-order valence-electron chi connectivity index (χ2n) is 4.26. The van der Waals surface area contributed by atoms with Crippen molar-refractivity contribution in [2.45, 2.75) is 26.4 Å². The van der Waals surface area contributed by atoms with Gasteiger partial charge in [-0.3, -0.25) is 4.79 Å². The summed E-state index contributed by atoms with van der Waals surface area (Å²) in [5.41, 5.74) is 3.75. The molecule has 0 saturated carbocycles. The van der Waals surface area contributed by atoms with E-state index in [2.05, 4.69) is 10.4 Å². The maximum absolute atomic E-state index is 12.1. The highest BCUT2D eigenvalue weighted by atomic mass is 16.3. The molecule has 1 heterocycles. The van der Waals surface area contributed by atoms with Crippen LogP contribution in [0, 0.1) is 0 Å². The van der Waals surface area contributed by atoms with E-state index in [0.29, 0.717) is 11.4 Å². The molecule has 6 heteroatoms. The Balaban J connectivity index is 2.97. The van der Waals surface area contributed by atoms with Crippen molar-refractivity contribution in [1.82, 2.24) is 9.88 Å². The molecule has 1 rings (SSSR count). The highest BCUT2D eigenvalue weighted by molar-refractivity contribution is 5.94.